The Bertz CT molecular complexity index is 648. The van der Waals surface area contributed by atoms with Crippen LogP contribution in [0.5, 0.6) is 5.75 Å². The number of rotatable bonds is 3. The Kier molecular flexibility index (Phi) is 3.59. The number of aryl methyl sites for hydroxylation is 1. The zero-order valence-corrected chi connectivity index (χ0v) is 11.2. The molecule has 18 heavy (non-hydrogen) atoms. The van der Waals surface area contributed by atoms with Gasteiger partial charge < -0.3 is 4.18 Å². The largest absolute Gasteiger partial charge is 0.379 e. The van der Waals surface area contributed by atoms with Crippen molar-refractivity contribution in [3.63, 3.8) is 0 Å². The molecule has 2 aromatic carbocycles. The third kappa shape index (κ3) is 3.03. The molecule has 0 atom stereocenters. The summed E-state index contributed by atoms with van der Waals surface area (Å²) in [7, 11) is -3.83. The first kappa shape index (κ1) is 12.9. The molecule has 94 valence electrons. The van der Waals surface area contributed by atoms with Crippen LogP contribution in [-0.2, 0) is 10.1 Å². The van der Waals surface area contributed by atoms with Crippen LogP contribution in [0.4, 0.5) is 0 Å². The van der Waals surface area contributed by atoms with Crippen LogP contribution in [0.3, 0.4) is 0 Å². The monoisotopic (exact) mass is 282 g/mol. The van der Waals surface area contributed by atoms with Crippen molar-refractivity contribution in [2.75, 3.05) is 0 Å². The summed E-state index contributed by atoms with van der Waals surface area (Å²) in [6, 6.07) is 12.7. The van der Waals surface area contributed by atoms with Gasteiger partial charge in [-0.2, -0.15) is 8.42 Å². The summed E-state index contributed by atoms with van der Waals surface area (Å²) in [5.41, 5.74) is 1.03. The summed E-state index contributed by atoms with van der Waals surface area (Å²) < 4.78 is 28.9. The molecule has 0 saturated heterocycles. The van der Waals surface area contributed by atoms with Crippen molar-refractivity contribution >= 4 is 21.7 Å². The molecule has 0 amide bonds. The minimum absolute atomic E-state index is 0.0376. The maximum Gasteiger partial charge on any atom is 0.339 e. The highest BCUT2D eigenvalue weighted by atomic mass is 35.5. The highest BCUT2D eigenvalue weighted by Gasteiger charge is 2.16. The van der Waals surface area contributed by atoms with Gasteiger partial charge in [0.15, 0.2) is 0 Å². The quantitative estimate of drug-likeness (QED) is 0.810. The highest BCUT2D eigenvalue weighted by Crippen LogP contribution is 2.21. The average molecular weight is 283 g/mol. The lowest BCUT2D eigenvalue weighted by atomic mass is 10.2. The molecular weight excluding hydrogens is 272 g/mol. The van der Waals surface area contributed by atoms with Crippen LogP contribution in [0.2, 0.25) is 5.02 Å². The zero-order chi connectivity index (χ0) is 13.2. The molecule has 0 aromatic heterocycles. The van der Waals surface area contributed by atoms with E-state index in [2.05, 4.69) is 0 Å². The SMILES string of the molecule is Cc1ccc(OS(=O)(=O)c2cccc(Cl)c2)cc1. The molecule has 2 rings (SSSR count). The predicted molar refractivity (Wildman–Crippen MR) is 70.4 cm³/mol. The smallest absolute Gasteiger partial charge is 0.339 e. The van der Waals surface area contributed by atoms with Crippen LogP contribution in [0, 0.1) is 6.92 Å². The Hall–Kier alpha value is -1.52. The van der Waals surface area contributed by atoms with Crippen molar-refractivity contribution in [1.29, 1.82) is 0 Å². The summed E-state index contributed by atoms with van der Waals surface area (Å²) in [6.45, 7) is 1.91. The van der Waals surface area contributed by atoms with Crippen LogP contribution in [0.25, 0.3) is 0 Å². The van der Waals surface area contributed by atoms with E-state index in [1.165, 1.54) is 12.1 Å². The van der Waals surface area contributed by atoms with Crippen molar-refractivity contribution in [2.24, 2.45) is 0 Å². The van der Waals surface area contributed by atoms with Gasteiger partial charge >= 0.3 is 10.1 Å². The molecule has 0 unspecified atom stereocenters. The number of hydrogen-bond acceptors (Lipinski definition) is 3. The molecule has 0 aliphatic heterocycles. The first-order valence-corrected chi connectivity index (χ1v) is 7.03. The van der Waals surface area contributed by atoms with Gasteiger partial charge in [-0.3, -0.25) is 0 Å². The second-order valence-electron chi connectivity index (χ2n) is 3.81. The van der Waals surface area contributed by atoms with Crippen LogP contribution in [-0.4, -0.2) is 8.42 Å². The molecule has 0 aliphatic carbocycles. The topological polar surface area (TPSA) is 43.4 Å². The van der Waals surface area contributed by atoms with E-state index in [1.54, 1.807) is 36.4 Å². The summed E-state index contributed by atoms with van der Waals surface area (Å²) in [5, 5.41) is 0.351. The van der Waals surface area contributed by atoms with Gasteiger partial charge in [0, 0.05) is 5.02 Å². The minimum Gasteiger partial charge on any atom is -0.379 e. The summed E-state index contributed by atoms with van der Waals surface area (Å²) in [5.74, 6) is 0.278. The van der Waals surface area contributed by atoms with E-state index < -0.39 is 10.1 Å². The second-order valence-corrected chi connectivity index (χ2v) is 5.79. The normalized spacial score (nSPS) is 11.2. The molecule has 0 radical (unpaired) electrons. The van der Waals surface area contributed by atoms with Gasteiger partial charge in [0.25, 0.3) is 0 Å². The molecule has 0 heterocycles. The van der Waals surface area contributed by atoms with Crippen molar-refractivity contribution in [3.8, 4) is 5.75 Å². The third-order valence-corrected chi connectivity index (χ3v) is 3.79. The molecule has 3 nitrogen and oxygen atoms in total. The zero-order valence-electron chi connectivity index (χ0n) is 9.63. The first-order chi connectivity index (χ1) is 8.47. The van der Waals surface area contributed by atoms with Crippen molar-refractivity contribution in [3.05, 3.63) is 59.1 Å². The van der Waals surface area contributed by atoms with Gasteiger partial charge in [0.05, 0.1) is 0 Å². The Morgan fingerprint density at radius 2 is 1.72 bits per heavy atom. The molecule has 5 heteroatoms. The van der Waals surface area contributed by atoms with Gasteiger partial charge in [0.2, 0.25) is 0 Å². The van der Waals surface area contributed by atoms with Gasteiger partial charge in [-0.1, -0.05) is 35.4 Å². The van der Waals surface area contributed by atoms with E-state index in [0.29, 0.717) is 5.02 Å². The molecule has 0 saturated carbocycles. The van der Waals surface area contributed by atoms with Gasteiger partial charge in [0.1, 0.15) is 10.6 Å². The fourth-order valence-electron chi connectivity index (χ4n) is 1.39. The molecule has 2 aromatic rings. The Morgan fingerprint density at radius 1 is 1.06 bits per heavy atom. The van der Waals surface area contributed by atoms with Crippen LogP contribution < -0.4 is 4.18 Å². The molecule has 0 aliphatic rings. The Labute approximate surface area is 111 Å². The Morgan fingerprint density at radius 3 is 2.33 bits per heavy atom. The van der Waals surface area contributed by atoms with Crippen molar-refractivity contribution in [2.45, 2.75) is 11.8 Å². The van der Waals surface area contributed by atoms with Gasteiger partial charge in [-0.15, -0.1) is 0 Å². The van der Waals surface area contributed by atoms with Gasteiger partial charge in [-0.05, 0) is 37.3 Å². The van der Waals surface area contributed by atoms with Crippen molar-refractivity contribution < 1.29 is 12.6 Å². The third-order valence-electron chi connectivity index (χ3n) is 2.31. The first-order valence-electron chi connectivity index (χ1n) is 5.24. The fraction of sp³-hybridized carbons (Fsp3) is 0.0769. The number of benzene rings is 2. The maximum absolute atomic E-state index is 12.0. The van der Waals surface area contributed by atoms with E-state index in [9.17, 15) is 8.42 Å². The van der Waals surface area contributed by atoms with Crippen LogP contribution in [0.15, 0.2) is 53.4 Å². The van der Waals surface area contributed by atoms with E-state index in [4.69, 9.17) is 15.8 Å². The maximum atomic E-state index is 12.0. The van der Waals surface area contributed by atoms with E-state index >= 15 is 0 Å². The van der Waals surface area contributed by atoms with E-state index in [-0.39, 0.29) is 10.6 Å². The minimum atomic E-state index is -3.83. The summed E-state index contributed by atoms with van der Waals surface area (Å²) in [6.07, 6.45) is 0. The predicted octanol–water partition coefficient (Wildman–Crippen LogP) is 3.42. The fourth-order valence-corrected chi connectivity index (χ4v) is 2.62. The van der Waals surface area contributed by atoms with E-state index in [0.717, 1.165) is 5.56 Å². The molecule has 0 N–H and O–H groups in total. The Balaban J connectivity index is 2.30. The molecule has 0 bridgehead atoms. The van der Waals surface area contributed by atoms with Crippen LogP contribution in [0.1, 0.15) is 5.56 Å². The average Bonchev–Trinajstić information content (AvgIpc) is 2.32. The summed E-state index contributed by atoms with van der Waals surface area (Å²) in [4.78, 5) is 0.0376. The molecular formula is C13H11ClO3S. The van der Waals surface area contributed by atoms with Gasteiger partial charge in [-0.25, -0.2) is 0 Å². The second kappa shape index (κ2) is 5.00. The molecule has 0 fully saturated rings. The number of hydrogen-bond donors (Lipinski definition) is 0. The van der Waals surface area contributed by atoms with E-state index in [1.807, 2.05) is 6.92 Å². The molecule has 0 spiro atoms. The highest BCUT2D eigenvalue weighted by molar-refractivity contribution is 7.87. The van der Waals surface area contributed by atoms with Crippen LogP contribution >= 0.6 is 11.6 Å². The lowest BCUT2D eigenvalue weighted by Crippen LogP contribution is -2.09. The number of halogens is 1. The summed E-state index contributed by atoms with van der Waals surface area (Å²) >= 11 is 5.75. The lowest BCUT2D eigenvalue weighted by Gasteiger charge is -2.07. The standard InChI is InChI=1S/C13H11ClO3S/c1-10-5-7-12(8-6-10)17-18(15,16)13-4-2-3-11(14)9-13/h2-9H,1H3. The van der Waals surface area contributed by atoms with Crippen molar-refractivity contribution in [1.82, 2.24) is 0 Å². The lowest BCUT2D eigenvalue weighted by molar-refractivity contribution is 0.486.